The van der Waals surface area contributed by atoms with E-state index in [0.717, 1.165) is 11.1 Å². The van der Waals surface area contributed by atoms with Crippen molar-refractivity contribution < 1.29 is 4.39 Å². The highest BCUT2D eigenvalue weighted by Crippen LogP contribution is 2.26. The summed E-state index contributed by atoms with van der Waals surface area (Å²) in [6.45, 7) is 2.02. The Morgan fingerprint density at radius 1 is 1.44 bits per heavy atom. The van der Waals surface area contributed by atoms with Gasteiger partial charge >= 0.3 is 0 Å². The van der Waals surface area contributed by atoms with Gasteiger partial charge in [0, 0.05) is 5.02 Å². The quantitative estimate of drug-likeness (QED) is 0.665. The predicted octanol–water partition coefficient (Wildman–Crippen LogP) is 3.60. The van der Waals surface area contributed by atoms with Gasteiger partial charge in [0.2, 0.25) is 0 Å². The summed E-state index contributed by atoms with van der Waals surface area (Å²) in [5, 5.41) is 4.61. The summed E-state index contributed by atoms with van der Waals surface area (Å²) in [7, 11) is 0. The van der Waals surface area contributed by atoms with Crippen molar-refractivity contribution in [3.05, 3.63) is 56.5 Å². The van der Waals surface area contributed by atoms with Crippen LogP contribution in [0.3, 0.4) is 0 Å². The van der Waals surface area contributed by atoms with Crippen molar-refractivity contribution >= 4 is 22.9 Å². The molecule has 0 spiro atoms. The van der Waals surface area contributed by atoms with Gasteiger partial charge in [0.1, 0.15) is 5.82 Å². The topological polar surface area (TPSA) is 38.0 Å². The van der Waals surface area contributed by atoms with E-state index in [9.17, 15) is 4.39 Å². The van der Waals surface area contributed by atoms with Crippen LogP contribution in [0.2, 0.25) is 5.02 Å². The first kappa shape index (κ1) is 13.5. The first-order valence-electron chi connectivity index (χ1n) is 5.54. The van der Waals surface area contributed by atoms with E-state index in [1.54, 1.807) is 23.5 Å². The van der Waals surface area contributed by atoms with Crippen LogP contribution in [0.25, 0.3) is 0 Å². The number of nitrogens with one attached hydrogen (secondary N) is 1. The van der Waals surface area contributed by atoms with Gasteiger partial charge in [0.25, 0.3) is 0 Å². The third kappa shape index (κ3) is 2.90. The zero-order chi connectivity index (χ0) is 13.1. The molecule has 0 amide bonds. The molecule has 2 aromatic rings. The van der Waals surface area contributed by atoms with Crippen molar-refractivity contribution in [3.63, 3.8) is 0 Å². The van der Waals surface area contributed by atoms with Gasteiger partial charge in [-0.3, -0.25) is 11.3 Å². The molecule has 0 aliphatic carbocycles. The van der Waals surface area contributed by atoms with Crippen LogP contribution in [0.4, 0.5) is 4.39 Å². The van der Waals surface area contributed by atoms with Gasteiger partial charge < -0.3 is 0 Å². The molecule has 3 N–H and O–H groups in total. The first-order valence-corrected chi connectivity index (χ1v) is 6.86. The Morgan fingerprint density at radius 3 is 2.83 bits per heavy atom. The van der Waals surface area contributed by atoms with Crippen LogP contribution in [0, 0.1) is 12.7 Å². The molecule has 0 bridgehead atoms. The molecule has 96 valence electrons. The second-order valence-corrected chi connectivity index (χ2v) is 5.35. The molecule has 0 radical (unpaired) electrons. The molecule has 1 unspecified atom stereocenters. The maximum atomic E-state index is 13.7. The monoisotopic (exact) mass is 284 g/mol. The van der Waals surface area contributed by atoms with Gasteiger partial charge in [0.15, 0.2) is 0 Å². The Labute approximate surface area is 115 Å². The molecule has 5 heteroatoms. The van der Waals surface area contributed by atoms with Crippen molar-refractivity contribution in [2.75, 3.05) is 0 Å². The standard InChI is InChI=1S/C13H14ClFN2S/c1-8-6-18-7-11(8)13(17-16)5-9-4-10(14)2-3-12(9)15/h2-4,6-7,13,17H,5,16H2,1H3. The van der Waals surface area contributed by atoms with E-state index in [1.165, 1.54) is 6.07 Å². The lowest BCUT2D eigenvalue weighted by molar-refractivity contribution is 0.528. The fourth-order valence-corrected chi connectivity index (χ4v) is 3.01. The summed E-state index contributed by atoms with van der Waals surface area (Å²) in [5.41, 5.74) is 5.56. The summed E-state index contributed by atoms with van der Waals surface area (Å²) in [6, 6.07) is 4.46. The first-order chi connectivity index (χ1) is 8.61. The molecular formula is C13H14ClFN2S. The summed E-state index contributed by atoms with van der Waals surface area (Å²) in [4.78, 5) is 0. The number of thiophene rings is 1. The lowest BCUT2D eigenvalue weighted by atomic mass is 9.99. The second-order valence-electron chi connectivity index (χ2n) is 4.17. The van der Waals surface area contributed by atoms with Gasteiger partial charge in [-0.2, -0.15) is 11.3 Å². The number of benzene rings is 1. The highest BCUT2D eigenvalue weighted by atomic mass is 35.5. The van der Waals surface area contributed by atoms with Crippen molar-refractivity contribution in [1.29, 1.82) is 0 Å². The molecule has 1 heterocycles. The maximum absolute atomic E-state index is 13.7. The third-order valence-electron chi connectivity index (χ3n) is 2.90. The molecule has 1 atom stereocenters. The molecule has 1 aromatic heterocycles. The van der Waals surface area contributed by atoms with Crippen LogP contribution in [0.1, 0.15) is 22.7 Å². The Balaban J connectivity index is 2.26. The highest BCUT2D eigenvalue weighted by molar-refractivity contribution is 7.08. The Morgan fingerprint density at radius 2 is 2.22 bits per heavy atom. The van der Waals surface area contributed by atoms with Crippen LogP contribution in [0.5, 0.6) is 0 Å². The van der Waals surface area contributed by atoms with E-state index in [2.05, 4.69) is 5.43 Å². The number of nitrogens with two attached hydrogens (primary N) is 1. The van der Waals surface area contributed by atoms with E-state index in [1.807, 2.05) is 17.7 Å². The van der Waals surface area contributed by atoms with Gasteiger partial charge in [0.05, 0.1) is 6.04 Å². The van der Waals surface area contributed by atoms with Crippen molar-refractivity contribution in [1.82, 2.24) is 5.43 Å². The van der Waals surface area contributed by atoms with Crippen LogP contribution in [-0.2, 0) is 6.42 Å². The van der Waals surface area contributed by atoms with Crippen molar-refractivity contribution in [2.24, 2.45) is 5.84 Å². The fourth-order valence-electron chi connectivity index (χ4n) is 1.91. The van der Waals surface area contributed by atoms with Gasteiger partial charge in [-0.1, -0.05) is 11.6 Å². The minimum Gasteiger partial charge on any atom is -0.271 e. The summed E-state index contributed by atoms with van der Waals surface area (Å²) in [6.07, 6.45) is 0.473. The highest BCUT2D eigenvalue weighted by Gasteiger charge is 2.16. The molecule has 0 saturated carbocycles. The Kier molecular flexibility index (Phi) is 4.35. The van der Waals surface area contributed by atoms with E-state index < -0.39 is 0 Å². The van der Waals surface area contributed by atoms with E-state index >= 15 is 0 Å². The van der Waals surface area contributed by atoms with Crippen molar-refractivity contribution in [2.45, 2.75) is 19.4 Å². The smallest absolute Gasteiger partial charge is 0.126 e. The van der Waals surface area contributed by atoms with Crippen LogP contribution in [0.15, 0.2) is 29.0 Å². The molecule has 0 aliphatic rings. The molecule has 0 aliphatic heterocycles. The summed E-state index contributed by atoms with van der Waals surface area (Å²) in [5.74, 6) is 5.31. The molecule has 18 heavy (non-hydrogen) atoms. The van der Waals surface area contributed by atoms with Gasteiger partial charge in [-0.05, 0) is 59.0 Å². The summed E-state index contributed by atoms with van der Waals surface area (Å²) < 4.78 is 13.7. The summed E-state index contributed by atoms with van der Waals surface area (Å²) >= 11 is 7.50. The number of halogens is 2. The second kappa shape index (κ2) is 5.80. The van der Waals surface area contributed by atoms with Crippen LogP contribution in [-0.4, -0.2) is 0 Å². The number of hydrogen-bond acceptors (Lipinski definition) is 3. The minimum atomic E-state index is -0.257. The predicted molar refractivity (Wildman–Crippen MR) is 74.2 cm³/mol. The molecule has 2 rings (SSSR count). The molecular weight excluding hydrogens is 271 g/mol. The fraction of sp³-hybridized carbons (Fsp3) is 0.231. The molecule has 0 fully saturated rings. The van der Waals surface area contributed by atoms with Crippen LogP contribution < -0.4 is 11.3 Å². The number of hydrazine groups is 1. The number of hydrogen-bond donors (Lipinski definition) is 2. The lowest BCUT2D eigenvalue weighted by Crippen LogP contribution is -2.30. The molecule has 0 saturated heterocycles. The Hall–Kier alpha value is -0.940. The number of rotatable bonds is 4. The SMILES string of the molecule is Cc1cscc1C(Cc1cc(Cl)ccc1F)NN. The molecule has 1 aromatic carbocycles. The van der Waals surface area contributed by atoms with E-state index in [4.69, 9.17) is 17.4 Å². The lowest BCUT2D eigenvalue weighted by Gasteiger charge is -2.16. The zero-order valence-corrected chi connectivity index (χ0v) is 11.5. The van der Waals surface area contributed by atoms with Crippen LogP contribution >= 0.6 is 22.9 Å². The van der Waals surface area contributed by atoms with Crippen molar-refractivity contribution in [3.8, 4) is 0 Å². The maximum Gasteiger partial charge on any atom is 0.126 e. The van der Waals surface area contributed by atoms with Gasteiger partial charge in [-0.25, -0.2) is 4.39 Å². The minimum absolute atomic E-state index is 0.107. The Bertz CT molecular complexity index is 542. The third-order valence-corrected chi connectivity index (χ3v) is 4.02. The van der Waals surface area contributed by atoms with E-state index in [-0.39, 0.29) is 11.9 Å². The zero-order valence-electron chi connectivity index (χ0n) is 9.91. The average Bonchev–Trinajstić information content (AvgIpc) is 2.77. The average molecular weight is 285 g/mol. The largest absolute Gasteiger partial charge is 0.271 e. The normalized spacial score (nSPS) is 12.7. The molecule has 2 nitrogen and oxygen atoms in total. The van der Waals surface area contributed by atoms with E-state index in [0.29, 0.717) is 17.0 Å². The number of aryl methyl sites for hydroxylation is 1. The van der Waals surface area contributed by atoms with Gasteiger partial charge in [-0.15, -0.1) is 0 Å².